The topological polar surface area (TPSA) is 21.6 Å². The van der Waals surface area contributed by atoms with E-state index in [0.29, 0.717) is 12.5 Å². The molecule has 0 bridgehead atoms. The molecule has 1 heterocycles. The molecule has 2 nitrogen and oxygen atoms in total. The fourth-order valence-electron chi connectivity index (χ4n) is 3.11. The van der Waals surface area contributed by atoms with Crippen molar-refractivity contribution in [3.63, 3.8) is 0 Å². The van der Waals surface area contributed by atoms with Gasteiger partial charge in [-0.25, -0.2) is 4.99 Å². The first kappa shape index (κ1) is 17.2. The third kappa shape index (κ3) is 3.39. The van der Waals surface area contributed by atoms with Crippen molar-refractivity contribution in [3.05, 3.63) is 60.7 Å². The van der Waals surface area contributed by atoms with Gasteiger partial charge in [0.1, 0.15) is 6.61 Å². The van der Waals surface area contributed by atoms with Gasteiger partial charge >= 0.3 is 0 Å². The Morgan fingerprint density at radius 3 is 1.88 bits per heavy atom. The van der Waals surface area contributed by atoms with Gasteiger partial charge in [0.2, 0.25) is 0 Å². The normalized spacial score (nSPS) is 17.9. The van der Waals surface area contributed by atoms with Gasteiger partial charge in [0.15, 0.2) is 5.90 Å². The molecule has 0 saturated carbocycles. The second kappa shape index (κ2) is 7.07. The zero-order valence-electron chi connectivity index (χ0n) is 14.9. The molecule has 0 radical (unpaired) electrons. The van der Waals surface area contributed by atoms with Crippen molar-refractivity contribution in [1.29, 1.82) is 0 Å². The van der Waals surface area contributed by atoms with Gasteiger partial charge in [-0.1, -0.05) is 74.5 Å². The Hall–Kier alpha value is -1.66. The number of ether oxygens (including phenoxy) is 1. The first-order chi connectivity index (χ1) is 11.5. The second-order valence-corrected chi connectivity index (χ2v) is 9.94. The Morgan fingerprint density at radius 2 is 1.46 bits per heavy atom. The summed E-state index contributed by atoms with van der Waals surface area (Å²) < 4.78 is 6.08. The summed E-state index contributed by atoms with van der Waals surface area (Å²) in [6.07, 6.45) is 0. The van der Waals surface area contributed by atoms with Gasteiger partial charge in [-0.3, -0.25) is 0 Å². The van der Waals surface area contributed by atoms with E-state index in [1.54, 1.807) is 0 Å². The zero-order valence-corrected chi connectivity index (χ0v) is 15.8. The molecule has 1 aliphatic rings. The Balaban J connectivity index is 2.04. The molecule has 0 N–H and O–H groups in total. The number of benzene rings is 2. The third-order valence-corrected chi connectivity index (χ3v) is 7.49. The van der Waals surface area contributed by atoms with Crippen molar-refractivity contribution in [2.24, 2.45) is 10.9 Å². The van der Waals surface area contributed by atoms with Crippen LogP contribution in [0.1, 0.15) is 27.7 Å². The number of nitrogens with zero attached hydrogens (tertiary/aromatic N) is 1. The van der Waals surface area contributed by atoms with Crippen LogP contribution >= 0.6 is 7.92 Å². The minimum atomic E-state index is -0.599. The van der Waals surface area contributed by atoms with E-state index in [0.717, 1.165) is 5.90 Å². The third-order valence-electron chi connectivity index (χ3n) is 4.55. The Bertz CT molecular complexity index is 655. The van der Waals surface area contributed by atoms with Crippen LogP contribution in [0.3, 0.4) is 0 Å². The van der Waals surface area contributed by atoms with Gasteiger partial charge in [-0.05, 0) is 38.3 Å². The van der Waals surface area contributed by atoms with Crippen LogP contribution in [0.15, 0.2) is 65.7 Å². The van der Waals surface area contributed by atoms with Crippen molar-refractivity contribution in [2.75, 3.05) is 6.61 Å². The highest BCUT2D eigenvalue weighted by Gasteiger charge is 2.41. The Morgan fingerprint density at radius 1 is 0.958 bits per heavy atom. The summed E-state index contributed by atoms with van der Waals surface area (Å²) in [5.41, 5.74) is 0. The molecule has 3 heteroatoms. The highest BCUT2D eigenvalue weighted by Crippen LogP contribution is 2.49. The molecule has 0 unspecified atom stereocenters. The van der Waals surface area contributed by atoms with Crippen LogP contribution in [0.25, 0.3) is 0 Å². The summed E-state index contributed by atoms with van der Waals surface area (Å²) in [6.45, 7) is 9.69. The number of hydrogen-bond acceptors (Lipinski definition) is 2. The maximum absolute atomic E-state index is 6.08. The molecule has 1 atom stereocenters. The predicted molar refractivity (Wildman–Crippen MR) is 105 cm³/mol. The van der Waals surface area contributed by atoms with Crippen LogP contribution in [0.4, 0.5) is 0 Å². The minimum absolute atomic E-state index is 0.137. The summed E-state index contributed by atoms with van der Waals surface area (Å²) >= 11 is 0. The highest BCUT2D eigenvalue weighted by atomic mass is 31.1. The highest BCUT2D eigenvalue weighted by molar-refractivity contribution is 7.75. The lowest BCUT2D eigenvalue weighted by Crippen LogP contribution is -2.37. The van der Waals surface area contributed by atoms with Crippen molar-refractivity contribution in [1.82, 2.24) is 0 Å². The Labute approximate surface area is 146 Å². The number of rotatable bonds is 5. The second-order valence-electron chi connectivity index (χ2n) is 7.12. The van der Waals surface area contributed by atoms with Crippen LogP contribution in [-0.4, -0.2) is 23.7 Å². The molecule has 0 amide bonds. The van der Waals surface area contributed by atoms with Gasteiger partial charge in [-0.2, -0.15) is 0 Å². The van der Waals surface area contributed by atoms with Crippen molar-refractivity contribution in [2.45, 2.75) is 38.9 Å². The smallest absolute Gasteiger partial charge is 0.194 e. The summed E-state index contributed by atoms with van der Waals surface area (Å²) in [7, 11) is -0.599. The molecule has 0 spiro atoms. The standard InChI is InChI=1S/C21H26NOP/c1-16(2)19-15-23-20(22-19)21(3,4)24(17-11-7-5-8-12-17)18-13-9-6-10-14-18/h5-14,16,19H,15H2,1-4H3/t19-/m0/s1. The van der Waals surface area contributed by atoms with Gasteiger partial charge < -0.3 is 4.74 Å². The molecule has 0 fully saturated rings. The maximum Gasteiger partial charge on any atom is 0.194 e. The van der Waals surface area contributed by atoms with Crippen molar-refractivity contribution < 1.29 is 4.74 Å². The van der Waals surface area contributed by atoms with E-state index in [4.69, 9.17) is 9.73 Å². The van der Waals surface area contributed by atoms with E-state index in [-0.39, 0.29) is 11.2 Å². The van der Waals surface area contributed by atoms with E-state index in [1.807, 2.05) is 0 Å². The van der Waals surface area contributed by atoms with Gasteiger partial charge in [0, 0.05) is 0 Å². The summed E-state index contributed by atoms with van der Waals surface area (Å²) in [6, 6.07) is 21.9. The monoisotopic (exact) mass is 339 g/mol. The molecule has 1 aliphatic heterocycles. The van der Waals surface area contributed by atoms with Crippen molar-refractivity contribution in [3.8, 4) is 0 Å². The molecule has 2 aromatic rings. The summed E-state index contributed by atoms with van der Waals surface area (Å²) in [5, 5.41) is 2.59. The lowest BCUT2D eigenvalue weighted by Gasteiger charge is -2.34. The fourth-order valence-corrected chi connectivity index (χ4v) is 5.95. The first-order valence-electron chi connectivity index (χ1n) is 8.61. The van der Waals surface area contributed by atoms with Crippen LogP contribution in [0.5, 0.6) is 0 Å². The fraction of sp³-hybridized carbons (Fsp3) is 0.381. The van der Waals surface area contributed by atoms with Crippen LogP contribution < -0.4 is 10.6 Å². The SMILES string of the molecule is CC(C)[C@@H]1COC(C(C)(C)P(c2ccccc2)c2ccccc2)=N1. The average Bonchev–Trinajstić information content (AvgIpc) is 3.08. The van der Waals surface area contributed by atoms with Gasteiger partial charge in [0.25, 0.3) is 0 Å². The molecule has 0 saturated heterocycles. The first-order valence-corrected chi connectivity index (χ1v) is 9.95. The van der Waals surface area contributed by atoms with Crippen LogP contribution in [0.2, 0.25) is 0 Å². The van der Waals surface area contributed by atoms with E-state index in [1.165, 1.54) is 10.6 Å². The number of hydrogen-bond donors (Lipinski definition) is 0. The van der Waals surface area contributed by atoms with Crippen LogP contribution in [-0.2, 0) is 4.74 Å². The molecule has 2 aromatic carbocycles. The molecule has 0 aromatic heterocycles. The van der Waals surface area contributed by atoms with E-state index >= 15 is 0 Å². The molecule has 0 aliphatic carbocycles. The quantitative estimate of drug-likeness (QED) is 0.742. The minimum Gasteiger partial charge on any atom is -0.478 e. The lowest BCUT2D eigenvalue weighted by molar-refractivity contribution is 0.282. The molecular weight excluding hydrogens is 313 g/mol. The molecule has 24 heavy (non-hydrogen) atoms. The zero-order chi connectivity index (χ0) is 17.2. The van der Waals surface area contributed by atoms with E-state index in [2.05, 4.69) is 88.4 Å². The lowest BCUT2D eigenvalue weighted by atomic mass is 10.1. The molecule has 3 rings (SSSR count). The van der Waals surface area contributed by atoms with E-state index in [9.17, 15) is 0 Å². The average molecular weight is 339 g/mol. The van der Waals surface area contributed by atoms with Crippen molar-refractivity contribution >= 4 is 24.4 Å². The maximum atomic E-state index is 6.08. The van der Waals surface area contributed by atoms with Crippen LogP contribution in [0, 0.1) is 5.92 Å². The van der Waals surface area contributed by atoms with Gasteiger partial charge in [-0.15, -0.1) is 0 Å². The molecular formula is C21H26NOP. The Kier molecular flexibility index (Phi) is 5.06. The van der Waals surface area contributed by atoms with E-state index < -0.39 is 7.92 Å². The summed E-state index contributed by atoms with van der Waals surface area (Å²) in [5.74, 6) is 1.43. The van der Waals surface area contributed by atoms with Gasteiger partial charge in [0.05, 0.1) is 11.2 Å². The molecule has 126 valence electrons. The number of aliphatic imine (C=N–C) groups is 1. The predicted octanol–water partition coefficient (Wildman–Crippen LogP) is 4.35. The largest absolute Gasteiger partial charge is 0.478 e. The summed E-state index contributed by atoms with van der Waals surface area (Å²) in [4.78, 5) is 4.94.